The molecule has 2 aromatic heterocycles. The molecule has 4 heterocycles. The van der Waals surface area contributed by atoms with Gasteiger partial charge in [0.2, 0.25) is 0 Å². The molecule has 0 N–H and O–H groups in total. The maximum atomic E-state index is 6.32. The summed E-state index contributed by atoms with van der Waals surface area (Å²) >= 11 is 0.163. The molecule has 33 heavy (non-hydrogen) atoms. The van der Waals surface area contributed by atoms with Gasteiger partial charge in [0, 0.05) is 0 Å². The van der Waals surface area contributed by atoms with Crippen LogP contribution in [0.4, 0.5) is 23.0 Å². The van der Waals surface area contributed by atoms with Crippen molar-refractivity contribution in [2.45, 2.75) is 0 Å². The Balaban J connectivity index is 1.35. The third-order valence-electron chi connectivity index (χ3n) is 5.49. The molecule has 6 nitrogen and oxygen atoms in total. The van der Waals surface area contributed by atoms with Crippen molar-refractivity contribution in [2.24, 2.45) is 0 Å². The fraction of sp³-hybridized carbons (Fsp3) is 0.0769. The van der Waals surface area contributed by atoms with Gasteiger partial charge in [-0.2, -0.15) is 0 Å². The normalized spacial score (nSPS) is 14.3. The van der Waals surface area contributed by atoms with Crippen molar-refractivity contribution in [3.8, 4) is 11.5 Å². The molecular weight excluding hydrogens is 477 g/mol. The molecule has 2 aliphatic heterocycles. The first-order chi connectivity index (χ1) is 16.2. The summed E-state index contributed by atoms with van der Waals surface area (Å²) in [7, 11) is 2.06. The molecule has 4 aromatic rings. The van der Waals surface area contributed by atoms with E-state index in [9.17, 15) is 0 Å². The third-order valence-corrected chi connectivity index (χ3v) is 7.81. The fourth-order valence-electron chi connectivity index (χ4n) is 3.96. The minimum absolute atomic E-state index is 0.163. The molecule has 2 aromatic carbocycles. The second-order valence-electron chi connectivity index (χ2n) is 7.85. The van der Waals surface area contributed by atoms with E-state index in [0.29, 0.717) is 0 Å². The molecule has 0 amide bonds. The Morgan fingerprint density at radius 2 is 1.73 bits per heavy atom. The van der Waals surface area contributed by atoms with Gasteiger partial charge in [0.15, 0.2) is 0 Å². The standard InChI is InChI=1S/C26H21N5OSe/c1-29-14-15-30(18-29)19-6-4-7-20(16-19)32-21-10-11-23-22(17-21)31(25-9-2-3-12-27-25)26-24(33-23)8-5-13-28-26/h2-17H,18H2,1H3. The molecule has 0 unspecified atom stereocenters. The van der Waals surface area contributed by atoms with Gasteiger partial charge in [0.1, 0.15) is 0 Å². The van der Waals surface area contributed by atoms with Crippen molar-refractivity contribution >= 4 is 46.9 Å². The number of rotatable bonds is 4. The predicted molar refractivity (Wildman–Crippen MR) is 133 cm³/mol. The van der Waals surface area contributed by atoms with E-state index in [1.807, 2.05) is 48.8 Å². The summed E-state index contributed by atoms with van der Waals surface area (Å²) in [6.45, 7) is 0.829. The van der Waals surface area contributed by atoms with Crippen molar-refractivity contribution in [2.75, 3.05) is 23.5 Å². The van der Waals surface area contributed by atoms with Gasteiger partial charge >= 0.3 is 199 Å². The number of nitrogens with zero attached hydrogens (tertiary/aromatic N) is 5. The van der Waals surface area contributed by atoms with E-state index >= 15 is 0 Å². The number of anilines is 4. The monoisotopic (exact) mass is 499 g/mol. The van der Waals surface area contributed by atoms with Crippen LogP contribution in [-0.2, 0) is 0 Å². The summed E-state index contributed by atoms with van der Waals surface area (Å²) in [5.74, 6) is 3.38. The number of benzene rings is 2. The van der Waals surface area contributed by atoms with Crippen LogP contribution in [0.3, 0.4) is 0 Å². The molecule has 0 radical (unpaired) electrons. The first-order valence-corrected chi connectivity index (χ1v) is 12.4. The van der Waals surface area contributed by atoms with Crippen molar-refractivity contribution in [3.05, 3.63) is 97.6 Å². The Bertz CT molecular complexity index is 1340. The molecule has 0 bridgehead atoms. The number of ether oxygens (including phenoxy) is 1. The SMILES string of the molecule is CN1C=CN(c2cccc(Oc3ccc4c(c3)N(c3ccccn3)c3ncccc3[Se]4)c2)C1. The molecule has 0 saturated heterocycles. The van der Waals surface area contributed by atoms with Crippen molar-refractivity contribution < 1.29 is 4.74 Å². The van der Waals surface area contributed by atoms with Gasteiger partial charge in [0.25, 0.3) is 0 Å². The zero-order chi connectivity index (χ0) is 22.2. The number of hydrogen-bond donors (Lipinski definition) is 0. The Hall–Kier alpha value is -3.80. The van der Waals surface area contributed by atoms with Gasteiger partial charge in [-0.15, -0.1) is 0 Å². The van der Waals surface area contributed by atoms with Crippen LogP contribution >= 0.6 is 0 Å². The molecule has 0 spiro atoms. The minimum atomic E-state index is 0.163. The zero-order valence-corrected chi connectivity index (χ0v) is 19.7. The van der Waals surface area contributed by atoms with Crippen LogP contribution in [0, 0.1) is 0 Å². The van der Waals surface area contributed by atoms with E-state index in [1.165, 1.54) is 8.92 Å². The van der Waals surface area contributed by atoms with Crippen LogP contribution < -0.4 is 23.5 Å². The Labute approximate surface area is 198 Å². The van der Waals surface area contributed by atoms with Crippen LogP contribution in [-0.4, -0.2) is 43.5 Å². The van der Waals surface area contributed by atoms with E-state index in [-0.39, 0.29) is 15.0 Å². The van der Waals surface area contributed by atoms with Crippen molar-refractivity contribution in [3.63, 3.8) is 0 Å². The Morgan fingerprint density at radius 3 is 2.58 bits per heavy atom. The van der Waals surface area contributed by atoms with E-state index in [4.69, 9.17) is 9.72 Å². The summed E-state index contributed by atoms with van der Waals surface area (Å²) in [5.41, 5.74) is 2.17. The molecule has 0 saturated carbocycles. The molecule has 6 rings (SSSR count). The van der Waals surface area contributed by atoms with Crippen LogP contribution in [0.25, 0.3) is 0 Å². The van der Waals surface area contributed by atoms with Gasteiger partial charge in [-0.3, -0.25) is 0 Å². The summed E-state index contributed by atoms with van der Waals surface area (Å²) in [4.78, 5) is 15.8. The first-order valence-electron chi connectivity index (χ1n) is 10.7. The van der Waals surface area contributed by atoms with E-state index in [0.717, 1.165) is 41.2 Å². The van der Waals surface area contributed by atoms with Gasteiger partial charge in [-0.25, -0.2) is 0 Å². The molecule has 0 aliphatic carbocycles. The topological polar surface area (TPSA) is 44.7 Å². The average Bonchev–Trinajstić information content (AvgIpc) is 3.30. The number of hydrogen-bond acceptors (Lipinski definition) is 6. The quantitative estimate of drug-likeness (QED) is 0.351. The van der Waals surface area contributed by atoms with Gasteiger partial charge < -0.3 is 0 Å². The summed E-state index contributed by atoms with van der Waals surface area (Å²) < 4.78 is 8.84. The molecule has 0 fully saturated rings. The third kappa shape index (κ3) is 3.82. The fourth-order valence-corrected chi connectivity index (χ4v) is 6.08. The first kappa shape index (κ1) is 19.9. The molecule has 0 atom stereocenters. The van der Waals surface area contributed by atoms with Gasteiger partial charge in [0.05, 0.1) is 0 Å². The summed E-state index contributed by atoms with van der Waals surface area (Å²) in [6, 6.07) is 24.6. The Morgan fingerprint density at radius 1 is 0.818 bits per heavy atom. The van der Waals surface area contributed by atoms with Crippen molar-refractivity contribution in [1.29, 1.82) is 0 Å². The summed E-state index contributed by atoms with van der Waals surface area (Å²) in [6.07, 6.45) is 7.80. The number of aromatic nitrogens is 2. The van der Waals surface area contributed by atoms with Gasteiger partial charge in [-0.1, -0.05) is 0 Å². The van der Waals surface area contributed by atoms with E-state index in [2.05, 4.69) is 75.5 Å². The van der Waals surface area contributed by atoms with Crippen molar-refractivity contribution in [1.82, 2.24) is 14.9 Å². The van der Waals surface area contributed by atoms with Crippen LogP contribution in [0.15, 0.2) is 97.6 Å². The Kier molecular flexibility index (Phi) is 4.98. The number of pyridine rings is 2. The average molecular weight is 498 g/mol. The zero-order valence-electron chi connectivity index (χ0n) is 18.0. The molecular formula is C26H21N5OSe. The molecule has 7 heteroatoms. The predicted octanol–water partition coefficient (Wildman–Crippen LogP) is 3.89. The van der Waals surface area contributed by atoms with Crippen LogP contribution in [0.5, 0.6) is 11.5 Å². The summed E-state index contributed by atoms with van der Waals surface area (Å²) in [5, 5.41) is 0. The van der Waals surface area contributed by atoms with E-state index in [1.54, 1.807) is 0 Å². The van der Waals surface area contributed by atoms with Crippen LogP contribution in [0.2, 0.25) is 0 Å². The molecule has 2 aliphatic rings. The van der Waals surface area contributed by atoms with Crippen LogP contribution in [0.1, 0.15) is 0 Å². The number of fused-ring (bicyclic) bond motifs is 2. The van der Waals surface area contributed by atoms with E-state index < -0.39 is 0 Å². The maximum absolute atomic E-state index is 6.32. The van der Waals surface area contributed by atoms with Gasteiger partial charge in [-0.05, 0) is 0 Å². The molecule has 162 valence electrons. The second-order valence-corrected chi connectivity index (χ2v) is 10.1. The second kappa shape index (κ2) is 8.28.